The summed E-state index contributed by atoms with van der Waals surface area (Å²) < 4.78 is 0. The van der Waals surface area contributed by atoms with Crippen LogP contribution in [0.1, 0.15) is 47.0 Å². The van der Waals surface area contributed by atoms with Crippen LogP contribution < -0.4 is 0 Å². The molecule has 86 valence electrons. The van der Waals surface area contributed by atoms with E-state index in [1.165, 1.54) is 12.8 Å². The smallest absolute Gasteiger partial charge is 0.0639 e. The van der Waals surface area contributed by atoms with Crippen LogP contribution in [-0.2, 0) is 0 Å². The Morgan fingerprint density at radius 2 is 2.07 bits per heavy atom. The minimum atomic E-state index is 0.216. The maximum absolute atomic E-state index is 8.98. The lowest BCUT2D eigenvalue weighted by Gasteiger charge is -2.35. The van der Waals surface area contributed by atoms with Crippen LogP contribution >= 0.6 is 0 Å². The second-order valence-electron chi connectivity index (χ2n) is 6.42. The molecule has 3 atom stereocenters. The first-order valence-electron chi connectivity index (χ1n) is 6.18. The van der Waals surface area contributed by atoms with E-state index in [1.807, 2.05) is 6.92 Å². The molecular formula is C14H24O. The fraction of sp³-hybridized carbons (Fsp3) is 0.857. The van der Waals surface area contributed by atoms with E-state index in [0.717, 1.165) is 23.8 Å². The zero-order valence-corrected chi connectivity index (χ0v) is 10.5. The van der Waals surface area contributed by atoms with E-state index in [9.17, 15) is 0 Å². The summed E-state index contributed by atoms with van der Waals surface area (Å²) in [7, 11) is 0. The van der Waals surface area contributed by atoms with Crippen molar-refractivity contribution < 1.29 is 5.11 Å². The van der Waals surface area contributed by atoms with Crippen LogP contribution in [0.25, 0.3) is 0 Å². The monoisotopic (exact) mass is 208 g/mol. The average molecular weight is 208 g/mol. The van der Waals surface area contributed by atoms with Gasteiger partial charge >= 0.3 is 0 Å². The fourth-order valence-electron chi connectivity index (χ4n) is 3.49. The summed E-state index contributed by atoms with van der Waals surface area (Å²) >= 11 is 0. The van der Waals surface area contributed by atoms with Crippen LogP contribution in [0.4, 0.5) is 0 Å². The summed E-state index contributed by atoms with van der Waals surface area (Å²) in [6, 6.07) is 0. The van der Waals surface area contributed by atoms with Gasteiger partial charge in [0.15, 0.2) is 0 Å². The maximum atomic E-state index is 8.98. The first kappa shape index (κ1) is 11.2. The van der Waals surface area contributed by atoms with Crippen LogP contribution in [0.15, 0.2) is 11.6 Å². The SMILES string of the molecule is C/C(=C\C[C@H]1CC2C[C@]2(C)C1(C)C)CO. The van der Waals surface area contributed by atoms with Crippen LogP contribution in [0, 0.1) is 22.7 Å². The molecule has 1 nitrogen and oxygen atoms in total. The van der Waals surface area contributed by atoms with Gasteiger partial charge in [0.2, 0.25) is 0 Å². The highest BCUT2D eigenvalue weighted by atomic mass is 16.3. The quantitative estimate of drug-likeness (QED) is 0.705. The lowest BCUT2D eigenvalue weighted by molar-refractivity contribution is 0.150. The van der Waals surface area contributed by atoms with Crippen molar-refractivity contribution in [1.82, 2.24) is 0 Å². The molecule has 0 bridgehead atoms. The second kappa shape index (κ2) is 3.35. The van der Waals surface area contributed by atoms with Gasteiger partial charge < -0.3 is 5.11 Å². The van der Waals surface area contributed by atoms with E-state index >= 15 is 0 Å². The molecule has 0 aromatic carbocycles. The normalized spacial score (nSPS) is 42.9. The summed E-state index contributed by atoms with van der Waals surface area (Å²) in [5.41, 5.74) is 2.24. The van der Waals surface area contributed by atoms with Gasteiger partial charge in [-0.3, -0.25) is 0 Å². The Balaban J connectivity index is 2.02. The Kier molecular flexibility index (Phi) is 2.50. The van der Waals surface area contributed by atoms with E-state index in [4.69, 9.17) is 5.11 Å². The van der Waals surface area contributed by atoms with Crippen LogP contribution in [0.3, 0.4) is 0 Å². The molecule has 0 radical (unpaired) electrons. The van der Waals surface area contributed by atoms with Crippen molar-refractivity contribution in [2.75, 3.05) is 6.61 Å². The molecule has 1 unspecified atom stereocenters. The Bertz CT molecular complexity index is 290. The third-order valence-electron chi connectivity index (χ3n) is 5.47. The molecule has 0 aromatic rings. The third-order valence-corrected chi connectivity index (χ3v) is 5.47. The summed E-state index contributed by atoms with van der Waals surface area (Å²) in [4.78, 5) is 0. The number of hydrogen-bond donors (Lipinski definition) is 1. The predicted octanol–water partition coefficient (Wildman–Crippen LogP) is 3.39. The van der Waals surface area contributed by atoms with Crippen LogP contribution in [0.2, 0.25) is 0 Å². The van der Waals surface area contributed by atoms with Gasteiger partial charge in [0, 0.05) is 0 Å². The van der Waals surface area contributed by atoms with E-state index < -0.39 is 0 Å². The summed E-state index contributed by atoms with van der Waals surface area (Å²) in [5.74, 6) is 1.81. The van der Waals surface area contributed by atoms with Crippen molar-refractivity contribution in [1.29, 1.82) is 0 Å². The Morgan fingerprint density at radius 3 is 2.53 bits per heavy atom. The molecular weight excluding hydrogens is 184 g/mol. The average Bonchev–Trinajstić information content (AvgIpc) is 2.80. The molecule has 0 aliphatic heterocycles. The topological polar surface area (TPSA) is 20.2 Å². The molecule has 0 heterocycles. The number of hydrogen-bond acceptors (Lipinski definition) is 1. The van der Waals surface area contributed by atoms with Crippen molar-refractivity contribution >= 4 is 0 Å². The minimum Gasteiger partial charge on any atom is -0.392 e. The zero-order valence-electron chi connectivity index (χ0n) is 10.5. The molecule has 0 aromatic heterocycles. The van der Waals surface area contributed by atoms with Gasteiger partial charge in [-0.05, 0) is 48.9 Å². The van der Waals surface area contributed by atoms with Crippen LogP contribution in [0.5, 0.6) is 0 Å². The molecule has 1 heteroatoms. The lowest BCUT2D eigenvalue weighted by atomic mass is 9.70. The number of aliphatic hydroxyl groups excluding tert-OH is 1. The van der Waals surface area contributed by atoms with E-state index in [-0.39, 0.29) is 6.61 Å². The molecule has 2 aliphatic rings. The Morgan fingerprint density at radius 1 is 1.40 bits per heavy atom. The first-order valence-corrected chi connectivity index (χ1v) is 6.18. The summed E-state index contributed by atoms with van der Waals surface area (Å²) in [6.07, 6.45) is 6.24. The number of aliphatic hydroxyl groups is 1. The molecule has 2 aliphatic carbocycles. The maximum Gasteiger partial charge on any atom is 0.0639 e. The van der Waals surface area contributed by atoms with E-state index in [0.29, 0.717) is 10.8 Å². The van der Waals surface area contributed by atoms with Crippen molar-refractivity contribution in [2.24, 2.45) is 22.7 Å². The van der Waals surface area contributed by atoms with Crippen LogP contribution in [-0.4, -0.2) is 11.7 Å². The van der Waals surface area contributed by atoms with Gasteiger partial charge in [0.25, 0.3) is 0 Å². The molecule has 0 amide bonds. The molecule has 2 fully saturated rings. The largest absolute Gasteiger partial charge is 0.392 e. The van der Waals surface area contributed by atoms with Gasteiger partial charge in [-0.2, -0.15) is 0 Å². The fourth-order valence-corrected chi connectivity index (χ4v) is 3.49. The van der Waals surface area contributed by atoms with Gasteiger partial charge in [0.1, 0.15) is 0 Å². The van der Waals surface area contributed by atoms with E-state index in [1.54, 1.807) is 0 Å². The Labute approximate surface area is 93.6 Å². The lowest BCUT2D eigenvalue weighted by Crippen LogP contribution is -2.27. The van der Waals surface area contributed by atoms with Crippen molar-refractivity contribution in [2.45, 2.75) is 47.0 Å². The number of rotatable bonds is 3. The highest BCUT2D eigenvalue weighted by Crippen LogP contribution is 2.74. The molecule has 1 N–H and O–H groups in total. The third kappa shape index (κ3) is 1.56. The van der Waals surface area contributed by atoms with Crippen molar-refractivity contribution in [3.05, 3.63) is 11.6 Å². The van der Waals surface area contributed by atoms with Gasteiger partial charge in [-0.1, -0.05) is 32.4 Å². The van der Waals surface area contributed by atoms with Crippen molar-refractivity contribution in [3.63, 3.8) is 0 Å². The Hall–Kier alpha value is -0.300. The minimum absolute atomic E-state index is 0.216. The summed E-state index contributed by atoms with van der Waals surface area (Å²) in [6.45, 7) is 9.57. The molecule has 0 spiro atoms. The van der Waals surface area contributed by atoms with Gasteiger partial charge in [-0.15, -0.1) is 0 Å². The number of fused-ring (bicyclic) bond motifs is 1. The highest BCUT2D eigenvalue weighted by molar-refractivity contribution is 5.17. The van der Waals surface area contributed by atoms with Gasteiger partial charge in [0.05, 0.1) is 6.61 Å². The summed E-state index contributed by atoms with van der Waals surface area (Å²) in [5, 5.41) is 8.98. The highest BCUT2D eigenvalue weighted by Gasteiger charge is 2.66. The number of allylic oxidation sites excluding steroid dienone is 1. The second-order valence-corrected chi connectivity index (χ2v) is 6.42. The standard InChI is InChI=1S/C14H24O/c1-10(9-15)5-6-11-7-12-8-14(12,4)13(11,2)3/h5,11-12,15H,6-9H2,1-4H3/b10-5+/t11-,12?,14-/m0/s1. The van der Waals surface area contributed by atoms with Crippen molar-refractivity contribution in [3.8, 4) is 0 Å². The van der Waals surface area contributed by atoms with Gasteiger partial charge in [-0.25, -0.2) is 0 Å². The molecule has 2 rings (SSSR count). The zero-order chi connectivity index (χ0) is 11.3. The predicted molar refractivity (Wildman–Crippen MR) is 63.6 cm³/mol. The van der Waals surface area contributed by atoms with E-state index in [2.05, 4.69) is 26.8 Å². The first-order chi connectivity index (χ1) is 6.91. The molecule has 2 saturated carbocycles. The molecule has 0 saturated heterocycles. The molecule has 15 heavy (non-hydrogen) atoms.